The highest BCUT2D eigenvalue weighted by molar-refractivity contribution is 6.29. The summed E-state index contributed by atoms with van der Waals surface area (Å²) in [4.78, 5) is 18.9. The fourth-order valence-electron chi connectivity index (χ4n) is 1.33. The van der Waals surface area contributed by atoms with Gasteiger partial charge in [-0.25, -0.2) is 9.78 Å². The molecule has 2 aromatic rings. The van der Waals surface area contributed by atoms with Crippen LogP contribution >= 0.6 is 11.6 Å². The summed E-state index contributed by atoms with van der Waals surface area (Å²) < 4.78 is 0. The average Bonchev–Trinajstić information content (AvgIpc) is 2.38. The Kier molecular flexibility index (Phi) is 3.69. The predicted molar refractivity (Wildman–Crippen MR) is 69.9 cm³/mol. The fraction of sp³-hybridized carbons (Fsp3) is 0. The normalized spacial score (nSPS) is 10.7. The number of hydrogen-bond donors (Lipinski definition) is 1. The zero-order valence-electron chi connectivity index (χ0n) is 9.25. The lowest BCUT2D eigenvalue weighted by molar-refractivity contribution is 0.0697. The van der Waals surface area contributed by atoms with E-state index in [-0.39, 0.29) is 5.56 Å². The quantitative estimate of drug-likeness (QED) is 0.681. The Bertz CT molecular complexity index is 594. The van der Waals surface area contributed by atoms with Gasteiger partial charge < -0.3 is 5.11 Å². The molecule has 1 N–H and O–H groups in total. The van der Waals surface area contributed by atoms with Crippen molar-refractivity contribution in [1.29, 1.82) is 0 Å². The third kappa shape index (κ3) is 3.15. The second-order valence-corrected chi connectivity index (χ2v) is 3.92. The first-order chi connectivity index (χ1) is 8.65. The molecule has 0 radical (unpaired) electrons. The molecular formula is C13H9ClN2O2. The van der Waals surface area contributed by atoms with E-state index in [1.165, 1.54) is 12.1 Å². The van der Waals surface area contributed by atoms with Gasteiger partial charge in [0.2, 0.25) is 0 Å². The van der Waals surface area contributed by atoms with Crippen molar-refractivity contribution in [1.82, 2.24) is 4.98 Å². The van der Waals surface area contributed by atoms with Crippen molar-refractivity contribution in [2.45, 2.75) is 0 Å². The first-order valence-corrected chi connectivity index (χ1v) is 5.52. The molecule has 0 bridgehead atoms. The number of aliphatic imine (C=N–C) groups is 1. The molecular weight excluding hydrogens is 252 g/mol. The summed E-state index contributed by atoms with van der Waals surface area (Å²) in [6.07, 6.45) is 3.19. The van der Waals surface area contributed by atoms with Gasteiger partial charge in [0.1, 0.15) is 5.15 Å². The maximum absolute atomic E-state index is 10.8. The van der Waals surface area contributed by atoms with Gasteiger partial charge in [0.25, 0.3) is 0 Å². The molecule has 1 aromatic carbocycles. The lowest BCUT2D eigenvalue weighted by atomic mass is 10.2. The van der Waals surface area contributed by atoms with Crippen LogP contribution in [0.25, 0.3) is 0 Å². The topological polar surface area (TPSA) is 62.5 Å². The Morgan fingerprint density at radius 3 is 2.83 bits per heavy atom. The molecule has 0 saturated carbocycles. The van der Waals surface area contributed by atoms with Crippen LogP contribution in [-0.2, 0) is 0 Å². The molecule has 4 nitrogen and oxygen atoms in total. The largest absolute Gasteiger partial charge is 0.478 e. The number of nitrogens with zero attached hydrogens (tertiary/aromatic N) is 2. The Labute approximate surface area is 109 Å². The third-order valence-corrected chi connectivity index (χ3v) is 2.43. The highest BCUT2D eigenvalue weighted by Crippen LogP contribution is 2.14. The highest BCUT2D eigenvalue weighted by Gasteiger charge is 2.01. The van der Waals surface area contributed by atoms with Gasteiger partial charge in [0, 0.05) is 18.0 Å². The lowest BCUT2D eigenvalue weighted by Gasteiger charge is -1.97. The van der Waals surface area contributed by atoms with E-state index in [1.54, 1.807) is 36.7 Å². The van der Waals surface area contributed by atoms with E-state index in [4.69, 9.17) is 16.7 Å². The molecule has 5 heteroatoms. The van der Waals surface area contributed by atoms with Crippen LogP contribution < -0.4 is 0 Å². The third-order valence-electron chi connectivity index (χ3n) is 2.21. The first-order valence-electron chi connectivity index (χ1n) is 5.14. The second kappa shape index (κ2) is 5.42. The van der Waals surface area contributed by atoms with Crippen LogP contribution in [0.1, 0.15) is 15.9 Å². The monoisotopic (exact) mass is 260 g/mol. The molecule has 0 aliphatic rings. The van der Waals surface area contributed by atoms with Crippen molar-refractivity contribution in [2.75, 3.05) is 0 Å². The van der Waals surface area contributed by atoms with Crippen LogP contribution in [0.3, 0.4) is 0 Å². The van der Waals surface area contributed by atoms with E-state index < -0.39 is 5.97 Å². The molecule has 0 spiro atoms. The van der Waals surface area contributed by atoms with Crippen molar-refractivity contribution < 1.29 is 9.90 Å². The number of rotatable bonds is 3. The van der Waals surface area contributed by atoms with Crippen LogP contribution in [0, 0.1) is 0 Å². The minimum Gasteiger partial charge on any atom is -0.478 e. The van der Waals surface area contributed by atoms with E-state index in [9.17, 15) is 4.79 Å². The smallest absolute Gasteiger partial charge is 0.335 e. The molecule has 18 heavy (non-hydrogen) atoms. The number of aromatic carboxylic acids is 1. The van der Waals surface area contributed by atoms with Gasteiger partial charge in [-0.05, 0) is 30.3 Å². The Morgan fingerprint density at radius 1 is 1.33 bits per heavy atom. The number of aromatic nitrogens is 1. The van der Waals surface area contributed by atoms with Crippen molar-refractivity contribution >= 4 is 29.5 Å². The molecule has 1 heterocycles. The van der Waals surface area contributed by atoms with E-state index >= 15 is 0 Å². The molecule has 0 amide bonds. The Balaban J connectivity index is 2.20. The number of carboxylic acids is 1. The Morgan fingerprint density at radius 2 is 2.17 bits per heavy atom. The minimum atomic E-state index is -0.972. The molecule has 0 atom stereocenters. The summed E-state index contributed by atoms with van der Waals surface area (Å²) in [5.41, 5.74) is 1.57. The maximum atomic E-state index is 10.8. The molecule has 0 saturated heterocycles. The van der Waals surface area contributed by atoms with Crippen molar-refractivity contribution in [3.63, 3.8) is 0 Å². The van der Waals surface area contributed by atoms with Gasteiger partial charge in [0.15, 0.2) is 0 Å². The molecule has 0 unspecified atom stereocenters. The van der Waals surface area contributed by atoms with Gasteiger partial charge in [-0.15, -0.1) is 0 Å². The molecule has 1 aromatic heterocycles. The summed E-state index contributed by atoms with van der Waals surface area (Å²) >= 11 is 5.66. The number of hydrogen-bond acceptors (Lipinski definition) is 3. The number of carbonyl (C=O) groups is 1. The molecule has 0 aliphatic carbocycles. The van der Waals surface area contributed by atoms with Crippen molar-refractivity contribution in [3.8, 4) is 0 Å². The standard InChI is InChI=1S/C13H9ClN2O2/c14-12-5-4-9(8-16-12)7-15-11-3-1-2-10(6-11)13(17)18/h1-8H,(H,17,18)/b15-7+. The summed E-state index contributed by atoms with van der Waals surface area (Å²) in [7, 11) is 0. The molecule has 2 rings (SSSR count). The molecule has 0 aliphatic heterocycles. The van der Waals surface area contributed by atoms with E-state index in [0.717, 1.165) is 5.56 Å². The minimum absolute atomic E-state index is 0.207. The zero-order chi connectivity index (χ0) is 13.0. The summed E-state index contributed by atoms with van der Waals surface area (Å²) in [5, 5.41) is 9.27. The number of pyridine rings is 1. The average molecular weight is 261 g/mol. The van der Waals surface area contributed by atoms with Crippen LogP contribution in [0.4, 0.5) is 5.69 Å². The lowest BCUT2D eigenvalue weighted by Crippen LogP contribution is -1.94. The van der Waals surface area contributed by atoms with Gasteiger partial charge in [-0.3, -0.25) is 4.99 Å². The van der Waals surface area contributed by atoms with Gasteiger partial charge in [-0.1, -0.05) is 17.7 Å². The number of benzene rings is 1. The summed E-state index contributed by atoms with van der Waals surface area (Å²) in [6.45, 7) is 0. The van der Waals surface area contributed by atoms with E-state index in [1.807, 2.05) is 0 Å². The second-order valence-electron chi connectivity index (χ2n) is 3.53. The number of carboxylic acid groups (broad SMARTS) is 1. The van der Waals surface area contributed by atoms with Gasteiger partial charge in [-0.2, -0.15) is 0 Å². The van der Waals surface area contributed by atoms with Crippen LogP contribution in [-0.4, -0.2) is 22.3 Å². The van der Waals surface area contributed by atoms with E-state index in [0.29, 0.717) is 10.8 Å². The Hall–Kier alpha value is -2.20. The van der Waals surface area contributed by atoms with Crippen LogP contribution in [0.2, 0.25) is 5.15 Å². The van der Waals surface area contributed by atoms with Crippen LogP contribution in [0.15, 0.2) is 47.6 Å². The molecule has 0 fully saturated rings. The maximum Gasteiger partial charge on any atom is 0.335 e. The van der Waals surface area contributed by atoms with Gasteiger partial charge in [0.05, 0.1) is 11.3 Å². The van der Waals surface area contributed by atoms with Crippen LogP contribution in [0.5, 0.6) is 0 Å². The summed E-state index contributed by atoms with van der Waals surface area (Å²) in [5.74, 6) is -0.972. The van der Waals surface area contributed by atoms with Gasteiger partial charge >= 0.3 is 5.97 Å². The number of halogens is 1. The highest BCUT2D eigenvalue weighted by atomic mass is 35.5. The fourth-order valence-corrected chi connectivity index (χ4v) is 1.44. The molecule has 90 valence electrons. The van der Waals surface area contributed by atoms with Crippen molar-refractivity contribution in [3.05, 3.63) is 58.9 Å². The summed E-state index contributed by atoms with van der Waals surface area (Å²) in [6, 6.07) is 9.84. The zero-order valence-corrected chi connectivity index (χ0v) is 10.0. The predicted octanol–water partition coefficient (Wildman–Crippen LogP) is 3.18. The van der Waals surface area contributed by atoms with Crippen molar-refractivity contribution in [2.24, 2.45) is 4.99 Å². The first kappa shape index (κ1) is 12.3. The van der Waals surface area contributed by atoms with E-state index in [2.05, 4.69) is 9.98 Å². The SMILES string of the molecule is O=C(O)c1cccc(/N=C/c2ccc(Cl)nc2)c1.